The summed E-state index contributed by atoms with van der Waals surface area (Å²) in [6.07, 6.45) is 4.05. The molecule has 0 spiro atoms. The van der Waals surface area contributed by atoms with Crippen LogP contribution in [0.1, 0.15) is 10.4 Å². The van der Waals surface area contributed by atoms with Crippen molar-refractivity contribution in [2.45, 2.75) is 0 Å². The van der Waals surface area contributed by atoms with Crippen molar-refractivity contribution < 1.29 is 14.6 Å². The van der Waals surface area contributed by atoms with Gasteiger partial charge in [0.25, 0.3) is 0 Å². The topological polar surface area (TPSA) is 72.3 Å². The maximum absolute atomic E-state index is 10.7. The molecule has 2 aromatic heterocycles. The van der Waals surface area contributed by atoms with Gasteiger partial charge in [0.1, 0.15) is 10.8 Å². The van der Waals surface area contributed by atoms with Gasteiger partial charge in [0, 0.05) is 18.5 Å². The molecular formula is C11H6Cl2N2O3. The van der Waals surface area contributed by atoms with Crippen molar-refractivity contribution >= 4 is 29.2 Å². The van der Waals surface area contributed by atoms with Crippen molar-refractivity contribution in [2.75, 3.05) is 0 Å². The summed E-state index contributed by atoms with van der Waals surface area (Å²) < 4.78 is 5.34. The lowest BCUT2D eigenvalue weighted by Crippen LogP contribution is -1.98. The van der Waals surface area contributed by atoms with E-state index in [9.17, 15) is 4.79 Å². The second-order valence-corrected chi connectivity index (χ2v) is 4.10. The second-order valence-electron chi connectivity index (χ2n) is 3.26. The smallest absolute Gasteiger partial charge is 0.337 e. The Balaban J connectivity index is 2.27. The maximum atomic E-state index is 10.7. The van der Waals surface area contributed by atoms with Gasteiger partial charge < -0.3 is 9.84 Å². The first-order valence-corrected chi connectivity index (χ1v) is 5.49. The van der Waals surface area contributed by atoms with Crippen molar-refractivity contribution in [3.8, 4) is 11.6 Å². The zero-order chi connectivity index (χ0) is 13.1. The molecule has 1 N–H and O–H groups in total. The van der Waals surface area contributed by atoms with Crippen LogP contribution in [-0.2, 0) is 0 Å². The fourth-order valence-electron chi connectivity index (χ4n) is 1.18. The van der Waals surface area contributed by atoms with Crippen molar-refractivity contribution in [3.05, 3.63) is 46.3 Å². The Bertz CT molecular complexity index is 605. The van der Waals surface area contributed by atoms with E-state index in [2.05, 4.69) is 9.97 Å². The summed E-state index contributed by atoms with van der Waals surface area (Å²) in [7, 11) is 0. The Kier molecular flexibility index (Phi) is 3.64. The number of halogens is 2. The van der Waals surface area contributed by atoms with Gasteiger partial charge >= 0.3 is 5.97 Å². The predicted octanol–water partition coefficient (Wildman–Crippen LogP) is 3.27. The molecule has 0 bridgehead atoms. The summed E-state index contributed by atoms with van der Waals surface area (Å²) in [5, 5.41) is 9.26. The Morgan fingerprint density at radius 3 is 2.61 bits per heavy atom. The van der Waals surface area contributed by atoms with Gasteiger partial charge in [-0.15, -0.1) is 0 Å². The van der Waals surface area contributed by atoms with Crippen LogP contribution in [0.3, 0.4) is 0 Å². The zero-order valence-electron chi connectivity index (χ0n) is 8.80. The highest BCUT2D eigenvalue weighted by Gasteiger charge is 2.10. The zero-order valence-corrected chi connectivity index (χ0v) is 10.3. The molecule has 0 saturated heterocycles. The Morgan fingerprint density at radius 1 is 1.22 bits per heavy atom. The van der Waals surface area contributed by atoms with Crippen LogP contribution < -0.4 is 4.74 Å². The van der Waals surface area contributed by atoms with Crippen LogP contribution in [0.15, 0.2) is 30.7 Å². The molecule has 2 heterocycles. The molecule has 0 saturated carbocycles. The van der Waals surface area contributed by atoms with Gasteiger partial charge in [0.2, 0.25) is 5.88 Å². The van der Waals surface area contributed by atoms with Crippen molar-refractivity contribution in [1.29, 1.82) is 0 Å². The molecule has 0 unspecified atom stereocenters. The molecule has 0 atom stereocenters. The number of pyridine rings is 2. The number of rotatable bonds is 3. The molecule has 0 amide bonds. The summed E-state index contributed by atoms with van der Waals surface area (Å²) in [5.41, 5.74) is -0.0171. The number of nitrogens with zero attached hydrogens (tertiary/aromatic N) is 2. The van der Waals surface area contributed by atoms with E-state index in [1.165, 1.54) is 24.5 Å². The van der Waals surface area contributed by atoms with Gasteiger partial charge in [0.05, 0.1) is 16.8 Å². The molecule has 0 aromatic carbocycles. The fourth-order valence-corrected chi connectivity index (χ4v) is 1.55. The quantitative estimate of drug-likeness (QED) is 0.936. The summed E-state index contributed by atoms with van der Waals surface area (Å²) in [4.78, 5) is 18.4. The predicted molar refractivity (Wildman–Crippen MR) is 65.5 cm³/mol. The van der Waals surface area contributed by atoms with Crippen LogP contribution in [-0.4, -0.2) is 21.0 Å². The Morgan fingerprint density at radius 2 is 2.00 bits per heavy atom. The minimum absolute atomic E-state index is 0.0171. The largest absolute Gasteiger partial charge is 0.478 e. The molecular weight excluding hydrogens is 279 g/mol. The first kappa shape index (κ1) is 12.6. The van der Waals surface area contributed by atoms with Crippen LogP contribution in [0.25, 0.3) is 0 Å². The number of aromatic carboxylic acids is 1. The van der Waals surface area contributed by atoms with Gasteiger partial charge in [-0.05, 0) is 6.07 Å². The Hall–Kier alpha value is -1.85. The molecule has 0 radical (unpaired) electrons. The number of carbonyl (C=O) groups is 1. The molecule has 0 fully saturated rings. The van der Waals surface area contributed by atoms with Crippen molar-refractivity contribution in [2.24, 2.45) is 0 Å². The summed E-state index contributed by atoms with van der Waals surface area (Å²) in [6.45, 7) is 0. The number of aromatic nitrogens is 2. The van der Waals surface area contributed by atoms with E-state index < -0.39 is 5.97 Å². The third kappa shape index (κ3) is 2.88. The van der Waals surface area contributed by atoms with E-state index in [4.69, 9.17) is 33.0 Å². The third-order valence-corrected chi connectivity index (χ3v) is 2.43. The lowest BCUT2D eigenvalue weighted by molar-refractivity contribution is 0.0696. The number of hydrogen-bond donors (Lipinski definition) is 1. The molecule has 7 heteroatoms. The normalized spacial score (nSPS) is 10.1. The van der Waals surface area contributed by atoms with Crippen LogP contribution >= 0.6 is 23.2 Å². The van der Waals surface area contributed by atoms with Crippen LogP contribution in [0.5, 0.6) is 11.6 Å². The minimum Gasteiger partial charge on any atom is -0.478 e. The number of carboxylic acids is 1. The highest BCUT2D eigenvalue weighted by atomic mass is 35.5. The molecule has 92 valence electrons. The second kappa shape index (κ2) is 5.20. The highest BCUT2D eigenvalue weighted by molar-refractivity contribution is 6.32. The molecule has 2 aromatic rings. The lowest BCUT2D eigenvalue weighted by Gasteiger charge is -2.06. The van der Waals surface area contributed by atoms with E-state index in [0.29, 0.717) is 10.8 Å². The van der Waals surface area contributed by atoms with Crippen molar-refractivity contribution in [3.63, 3.8) is 0 Å². The van der Waals surface area contributed by atoms with Gasteiger partial charge in [-0.1, -0.05) is 23.2 Å². The lowest BCUT2D eigenvalue weighted by atomic mass is 10.3. The van der Waals surface area contributed by atoms with Gasteiger partial charge in [0.15, 0.2) is 0 Å². The SMILES string of the molecule is O=C(O)c1cnc(Oc2cncc(Cl)c2)c(Cl)c1. The van der Waals surface area contributed by atoms with Gasteiger partial charge in [-0.3, -0.25) is 4.98 Å². The number of ether oxygens (including phenoxy) is 1. The monoisotopic (exact) mass is 284 g/mol. The molecule has 5 nitrogen and oxygen atoms in total. The van der Waals surface area contributed by atoms with E-state index in [1.54, 1.807) is 0 Å². The fraction of sp³-hybridized carbons (Fsp3) is 0. The van der Waals surface area contributed by atoms with Crippen molar-refractivity contribution in [1.82, 2.24) is 9.97 Å². The van der Waals surface area contributed by atoms with E-state index in [0.717, 1.165) is 6.20 Å². The average Bonchev–Trinajstić information content (AvgIpc) is 2.31. The molecule has 0 aliphatic carbocycles. The summed E-state index contributed by atoms with van der Waals surface area (Å²) in [6, 6.07) is 2.79. The van der Waals surface area contributed by atoms with Crippen LogP contribution in [0.2, 0.25) is 10.0 Å². The van der Waals surface area contributed by atoms with E-state index in [-0.39, 0.29) is 16.5 Å². The van der Waals surface area contributed by atoms with Crippen LogP contribution in [0.4, 0.5) is 0 Å². The standard InChI is InChI=1S/C11H6Cl2N2O3/c12-7-2-8(5-14-4-7)18-10-9(13)1-6(3-15-10)11(16)17/h1-5H,(H,16,17). The maximum Gasteiger partial charge on any atom is 0.337 e. The third-order valence-electron chi connectivity index (χ3n) is 1.95. The first-order chi connectivity index (χ1) is 8.56. The minimum atomic E-state index is -1.11. The summed E-state index contributed by atoms with van der Waals surface area (Å²) in [5.74, 6) is -0.661. The van der Waals surface area contributed by atoms with Gasteiger partial charge in [-0.25, -0.2) is 9.78 Å². The molecule has 0 aliphatic heterocycles. The summed E-state index contributed by atoms with van der Waals surface area (Å²) >= 11 is 11.6. The van der Waals surface area contributed by atoms with E-state index >= 15 is 0 Å². The highest BCUT2D eigenvalue weighted by Crippen LogP contribution is 2.28. The van der Waals surface area contributed by atoms with E-state index in [1.807, 2.05) is 0 Å². The number of hydrogen-bond acceptors (Lipinski definition) is 4. The molecule has 2 rings (SSSR count). The average molecular weight is 285 g/mol. The molecule has 0 aliphatic rings. The van der Waals surface area contributed by atoms with Gasteiger partial charge in [-0.2, -0.15) is 0 Å². The van der Waals surface area contributed by atoms with Crippen LogP contribution in [0, 0.1) is 0 Å². The Labute approximate surface area is 112 Å². The molecule has 18 heavy (non-hydrogen) atoms. The first-order valence-electron chi connectivity index (χ1n) is 4.73. The number of carboxylic acid groups (broad SMARTS) is 1.